The van der Waals surface area contributed by atoms with E-state index in [4.69, 9.17) is 11.6 Å². The molecule has 0 atom stereocenters. The van der Waals surface area contributed by atoms with Crippen LogP contribution in [-0.2, 0) is 9.59 Å². The predicted octanol–water partition coefficient (Wildman–Crippen LogP) is 3.53. The maximum Gasteiger partial charge on any atom is 0.234 e. The third kappa shape index (κ3) is 2.75. The molecule has 22 heavy (non-hydrogen) atoms. The van der Waals surface area contributed by atoms with Crippen LogP contribution in [0, 0.1) is 0 Å². The SMILES string of the molecule is C=C(Nc1ccc(N2C(=O)CCC2=O)c(Cl)c1)c1nccs1. The van der Waals surface area contributed by atoms with Crippen LogP contribution in [0.5, 0.6) is 0 Å². The summed E-state index contributed by atoms with van der Waals surface area (Å²) in [5.74, 6) is -0.445. The molecule has 0 aliphatic carbocycles. The average molecular weight is 334 g/mol. The van der Waals surface area contributed by atoms with Crippen LogP contribution in [-0.4, -0.2) is 16.8 Å². The summed E-state index contributed by atoms with van der Waals surface area (Å²) < 4.78 is 0. The van der Waals surface area contributed by atoms with E-state index >= 15 is 0 Å². The van der Waals surface area contributed by atoms with Crippen LogP contribution in [0.4, 0.5) is 11.4 Å². The lowest BCUT2D eigenvalue weighted by molar-refractivity contribution is -0.121. The van der Waals surface area contributed by atoms with Gasteiger partial charge in [-0.1, -0.05) is 18.2 Å². The summed E-state index contributed by atoms with van der Waals surface area (Å²) in [6, 6.07) is 5.06. The number of halogens is 1. The summed E-state index contributed by atoms with van der Waals surface area (Å²) in [7, 11) is 0. The average Bonchev–Trinajstić information content (AvgIpc) is 3.11. The third-order valence-electron chi connectivity index (χ3n) is 3.23. The Morgan fingerprint density at radius 3 is 2.64 bits per heavy atom. The number of nitrogens with zero attached hydrogens (tertiary/aromatic N) is 2. The Kier molecular flexibility index (Phi) is 3.96. The molecule has 7 heteroatoms. The van der Waals surface area contributed by atoms with Gasteiger partial charge in [0.2, 0.25) is 11.8 Å². The zero-order chi connectivity index (χ0) is 15.7. The molecular weight excluding hydrogens is 322 g/mol. The maximum atomic E-state index is 11.8. The Morgan fingerprint density at radius 2 is 2.05 bits per heavy atom. The molecule has 0 saturated carbocycles. The molecule has 0 radical (unpaired) electrons. The van der Waals surface area contributed by atoms with E-state index in [0.717, 1.165) is 9.91 Å². The normalized spacial score (nSPS) is 14.5. The molecule has 3 rings (SSSR count). The largest absolute Gasteiger partial charge is 0.354 e. The van der Waals surface area contributed by atoms with Crippen molar-refractivity contribution in [2.75, 3.05) is 10.2 Å². The van der Waals surface area contributed by atoms with Gasteiger partial charge in [0.15, 0.2) is 0 Å². The number of hydrogen-bond donors (Lipinski definition) is 1. The van der Waals surface area contributed by atoms with Gasteiger partial charge in [-0.05, 0) is 18.2 Å². The number of amides is 2. The third-order valence-corrected chi connectivity index (χ3v) is 4.36. The van der Waals surface area contributed by atoms with E-state index in [-0.39, 0.29) is 24.7 Å². The first-order valence-electron chi connectivity index (χ1n) is 6.57. The Morgan fingerprint density at radius 1 is 1.32 bits per heavy atom. The van der Waals surface area contributed by atoms with Crippen molar-refractivity contribution in [3.8, 4) is 0 Å². The molecule has 0 unspecified atom stereocenters. The van der Waals surface area contributed by atoms with Crippen LogP contribution < -0.4 is 10.2 Å². The first-order valence-corrected chi connectivity index (χ1v) is 7.83. The standard InChI is InChI=1S/C15H12ClN3O2S/c1-9(15-17-6-7-22-15)18-10-2-3-12(11(16)8-10)19-13(20)4-5-14(19)21/h2-3,6-8,18H,1,4-5H2. The van der Waals surface area contributed by atoms with Gasteiger partial charge in [-0.3, -0.25) is 9.59 Å². The van der Waals surface area contributed by atoms with Crippen LogP contribution in [0.2, 0.25) is 5.02 Å². The molecule has 2 aromatic rings. The minimum absolute atomic E-state index is 0.222. The number of hydrogen-bond acceptors (Lipinski definition) is 5. The van der Waals surface area contributed by atoms with Crippen molar-refractivity contribution in [3.05, 3.63) is 46.4 Å². The van der Waals surface area contributed by atoms with Crippen LogP contribution in [0.3, 0.4) is 0 Å². The fourth-order valence-corrected chi connectivity index (χ4v) is 3.04. The smallest absolute Gasteiger partial charge is 0.234 e. The van der Waals surface area contributed by atoms with Gasteiger partial charge >= 0.3 is 0 Å². The fourth-order valence-electron chi connectivity index (χ4n) is 2.21. The number of carbonyl (C=O) groups excluding carboxylic acids is 2. The quantitative estimate of drug-likeness (QED) is 0.869. The zero-order valence-electron chi connectivity index (χ0n) is 11.5. The van der Waals surface area contributed by atoms with E-state index < -0.39 is 0 Å². The maximum absolute atomic E-state index is 11.8. The second-order valence-electron chi connectivity index (χ2n) is 4.73. The number of carbonyl (C=O) groups is 2. The van der Waals surface area contributed by atoms with Crippen LogP contribution in [0.1, 0.15) is 17.8 Å². The van der Waals surface area contributed by atoms with Gasteiger partial charge in [-0.2, -0.15) is 0 Å². The van der Waals surface area contributed by atoms with Crippen molar-refractivity contribution >= 4 is 51.8 Å². The first kappa shape index (κ1) is 14.7. The Bertz CT molecular complexity index is 742. The highest BCUT2D eigenvalue weighted by Gasteiger charge is 2.31. The highest BCUT2D eigenvalue weighted by Crippen LogP contribution is 2.33. The highest BCUT2D eigenvalue weighted by molar-refractivity contribution is 7.10. The summed E-state index contributed by atoms with van der Waals surface area (Å²) in [5, 5.41) is 6.09. The Hall–Kier alpha value is -2.18. The van der Waals surface area contributed by atoms with Crippen molar-refractivity contribution in [3.63, 3.8) is 0 Å². The summed E-state index contributed by atoms with van der Waals surface area (Å²) >= 11 is 7.69. The van der Waals surface area contributed by atoms with E-state index in [2.05, 4.69) is 16.9 Å². The molecule has 1 saturated heterocycles. The van der Waals surface area contributed by atoms with Crippen molar-refractivity contribution in [1.82, 2.24) is 4.98 Å². The van der Waals surface area contributed by atoms with Crippen molar-refractivity contribution in [2.45, 2.75) is 12.8 Å². The number of benzene rings is 1. The minimum atomic E-state index is -0.222. The second kappa shape index (κ2) is 5.90. The minimum Gasteiger partial charge on any atom is -0.354 e. The molecule has 2 amide bonds. The lowest BCUT2D eigenvalue weighted by Gasteiger charge is -2.16. The van der Waals surface area contributed by atoms with Crippen LogP contribution >= 0.6 is 22.9 Å². The summed E-state index contributed by atoms with van der Waals surface area (Å²) in [6.07, 6.45) is 2.17. The lowest BCUT2D eigenvalue weighted by atomic mass is 10.2. The number of imide groups is 1. The molecule has 1 aliphatic rings. The van der Waals surface area contributed by atoms with Crippen LogP contribution in [0.15, 0.2) is 36.4 Å². The van der Waals surface area contributed by atoms with Gasteiger partial charge in [0.25, 0.3) is 0 Å². The number of aromatic nitrogens is 1. The topological polar surface area (TPSA) is 62.3 Å². The van der Waals surface area contributed by atoms with Gasteiger partial charge in [0.1, 0.15) is 5.01 Å². The summed E-state index contributed by atoms with van der Waals surface area (Å²) in [5.41, 5.74) is 1.79. The molecule has 1 aromatic carbocycles. The predicted molar refractivity (Wildman–Crippen MR) is 87.9 cm³/mol. The first-order chi connectivity index (χ1) is 10.6. The van der Waals surface area contributed by atoms with E-state index in [0.29, 0.717) is 22.1 Å². The molecule has 1 fully saturated rings. The van der Waals surface area contributed by atoms with Gasteiger partial charge in [0.05, 0.1) is 16.4 Å². The number of thiazole rings is 1. The Labute approximate surface area is 136 Å². The van der Waals surface area contributed by atoms with Crippen molar-refractivity contribution in [1.29, 1.82) is 0 Å². The zero-order valence-corrected chi connectivity index (χ0v) is 13.1. The highest BCUT2D eigenvalue weighted by atomic mass is 35.5. The molecule has 0 spiro atoms. The molecule has 0 bridgehead atoms. The lowest BCUT2D eigenvalue weighted by Crippen LogP contribution is -2.28. The monoisotopic (exact) mass is 333 g/mol. The molecule has 5 nitrogen and oxygen atoms in total. The second-order valence-corrected chi connectivity index (χ2v) is 6.03. The van der Waals surface area contributed by atoms with Crippen molar-refractivity contribution < 1.29 is 9.59 Å². The summed E-state index contributed by atoms with van der Waals surface area (Å²) in [6.45, 7) is 3.92. The van der Waals surface area contributed by atoms with Gasteiger partial charge in [0, 0.05) is 30.1 Å². The van der Waals surface area contributed by atoms with Gasteiger partial charge < -0.3 is 5.32 Å². The van der Waals surface area contributed by atoms with E-state index in [1.807, 2.05) is 5.38 Å². The van der Waals surface area contributed by atoms with E-state index in [9.17, 15) is 9.59 Å². The Balaban J connectivity index is 1.82. The molecule has 2 heterocycles. The summed E-state index contributed by atoms with van der Waals surface area (Å²) in [4.78, 5) is 28.8. The number of anilines is 2. The van der Waals surface area contributed by atoms with E-state index in [1.165, 1.54) is 11.3 Å². The van der Waals surface area contributed by atoms with Crippen LogP contribution in [0.25, 0.3) is 5.70 Å². The fraction of sp³-hybridized carbons (Fsp3) is 0.133. The molecule has 1 aliphatic heterocycles. The molecular formula is C15H12ClN3O2S. The van der Waals surface area contributed by atoms with Gasteiger partial charge in [-0.15, -0.1) is 11.3 Å². The van der Waals surface area contributed by atoms with Gasteiger partial charge in [-0.25, -0.2) is 9.88 Å². The molecule has 112 valence electrons. The number of nitrogens with one attached hydrogen (secondary N) is 1. The molecule has 1 aromatic heterocycles. The number of rotatable bonds is 4. The van der Waals surface area contributed by atoms with E-state index in [1.54, 1.807) is 24.4 Å². The molecule has 1 N–H and O–H groups in total. The van der Waals surface area contributed by atoms with Crippen molar-refractivity contribution in [2.24, 2.45) is 0 Å².